The van der Waals surface area contributed by atoms with Crippen molar-refractivity contribution in [1.29, 1.82) is 5.26 Å². The Labute approximate surface area is 239 Å². The monoisotopic (exact) mass is 567 g/mol. The molecule has 1 unspecified atom stereocenters. The smallest absolute Gasteiger partial charge is 0.411 e. The van der Waals surface area contributed by atoms with E-state index in [1.807, 2.05) is 13.0 Å². The Bertz CT molecular complexity index is 1380. The molecular formula is C29H34ClN5O5. The van der Waals surface area contributed by atoms with Crippen LogP contribution in [0.2, 0.25) is 5.02 Å². The summed E-state index contributed by atoms with van der Waals surface area (Å²) in [5.74, 6) is 1.68. The molecule has 0 saturated heterocycles. The SMILES string of the molecule is C#CC(C)N(CCn1nc2c(c1C(=O)OCC)CN(C(=O)c1ccc(Cl)c(C#N)c1)[C@H](C)C2)C(=O)OC(C)(C)C. The zero-order valence-corrected chi connectivity index (χ0v) is 24.4. The maximum absolute atomic E-state index is 13.5. The summed E-state index contributed by atoms with van der Waals surface area (Å²) >= 11 is 6.05. The van der Waals surface area contributed by atoms with Crippen molar-refractivity contribution < 1.29 is 23.9 Å². The average molecular weight is 568 g/mol. The third-order valence-electron chi connectivity index (χ3n) is 6.44. The van der Waals surface area contributed by atoms with E-state index in [4.69, 9.17) is 27.5 Å². The molecule has 3 rings (SSSR count). The van der Waals surface area contributed by atoms with Gasteiger partial charge in [-0.1, -0.05) is 17.5 Å². The third-order valence-corrected chi connectivity index (χ3v) is 6.77. The van der Waals surface area contributed by atoms with Crippen LogP contribution in [0.5, 0.6) is 0 Å². The summed E-state index contributed by atoms with van der Waals surface area (Å²) in [6, 6.07) is 5.74. The maximum Gasteiger partial charge on any atom is 0.411 e. The fourth-order valence-corrected chi connectivity index (χ4v) is 4.58. The Balaban J connectivity index is 1.95. The molecule has 0 bridgehead atoms. The minimum absolute atomic E-state index is 0.116. The van der Waals surface area contributed by atoms with Gasteiger partial charge in [-0.05, 0) is 59.7 Å². The molecule has 0 fully saturated rings. The predicted molar refractivity (Wildman–Crippen MR) is 149 cm³/mol. The average Bonchev–Trinajstić information content (AvgIpc) is 3.24. The summed E-state index contributed by atoms with van der Waals surface area (Å²) in [6.45, 7) is 11.2. The van der Waals surface area contributed by atoms with Gasteiger partial charge in [-0.2, -0.15) is 10.4 Å². The Hall–Kier alpha value is -4.02. The molecule has 11 heteroatoms. The van der Waals surface area contributed by atoms with Crippen LogP contribution in [0.1, 0.15) is 79.2 Å². The fraction of sp³-hybridized carbons (Fsp3) is 0.483. The van der Waals surface area contributed by atoms with Gasteiger partial charge < -0.3 is 14.4 Å². The van der Waals surface area contributed by atoms with E-state index < -0.39 is 23.7 Å². The number of carbonyl (C=O) groups is 3. The number of aromatic nitrogens is 2. The van der Waals surface area contributed by atoms with Gasteiger partial charge in [0.25, 0.3) is 5.91 Å². The molecule has 212 valence electrons. The molecule has 2 aromatic rings. The quantitative estimate of drug-likeness (QED) is 0.359. The molecular weight excluding hydrogens is 534 g/mol. The van der Waals surface area contributed by atoms with E-state index in [0.29, 0.717) is 23.2 Å². The molecule has 0 N–H and O–H groups in total. The molecule has 10 nitrogen and oxygen atoms in total. The number of carbonyl (C=O) groups excluding carboxylic acids is 3. The first-order valence-corrected chi connectivity index (χ1v) is 13.4. The molecule has 1 aliphatic rings. The van der Waals surface area contributed by atoms with Crippen LogP contribution in [0.3, 0.4) is 0 Å². The molecule has 0 saturated carbocycles. The third kappa shape index (κ3) is 6.75. The van der Waals surface area contributed by atoms with Crippen molar-refractivity contribution in [3.8, 4) is 18.4 Å². The van der Waals surface area contributed by atoms with Gasteiger partial charge in [0.1, 0.15) is 11.7 Å². The molecule has 2 atom stereocenters. The maximum atomic E-state index is 13.5. The van der Waals surface area contributed by atoms with Crippen LogP contribution in [0.25, 0.3) is 0 Å². The van der Waals surface area contributed by atoms with Crippen molar-refractivity contribution in [2.45, 2.75) is 78.7 Å². The lowest BCUT2D eigenvalue weighted by molar-refractivity contribution is 0.0209. The van der Waals surface area contributed by atoms with Crippen molar-refractivity contribution in [2.24, 2.45) is 0 Å². The number of amides is 2. The number of hydrogen-bond acceptors (Lipinski definition) is 7. The Kier molecular flexibility index (Phi) is 9.49. The van der Waals surface area contributed by atoms with Gasteiger partial charge in [0.15, 0.2) is 5.69 Å². The summed E-state index contributed by atoms with van der Waals surface area (Å²) in [4.78, 5) is 42.5. The van der Waals surface area contributed by atoms with Gasteiger partial charge in [0, 0.05) is 30.1 Å². The minimum atomic E-state index is -0.714. The summed E-state index contributed by atoms with van der Waals surface area (Å²) in [5.41, 5.74) is 1.27. The topological polar surface area (TPSA) is 118 Å². The molecule has 40 heavy (non-hydrogen) atoms. The van der Waals surface area contributed by atoms with Crippen LogP contribution in [0, 0.1) is 23.7 Å². The van der Waals surface area contributed by atoms with Crippen LogP contribution in [0.4, 0.5) is 4.79 Å². The number of terminal acetylenes is 1. The predicted octanol–water partition coefficient (Wildman–Crippen LogP) is 4.43. The first-order chi connectivity index (χ1) is 18.8. The molecule has 0 aliphatic carbocycles. The second-order valence-corrected chi connectivity index (χ2v) is 10.9. The zero-order valence-electron chi connectivity index (χ0n) is 23.7. The lowest BCUT2D eigenvalue weighted by Gasteiger charge is -2.33. The zero-order chi connectivity index (χ0) is 29.8. The lowest BCUT2D eigenvalue weighted by atomic mass is 9.98. The van der Waals surface area contributed by atoms with E-state index in [1.54, 1.807) is 45.6 Å². The van der Waals surface area contributed by atoms with Crippen molar-refractivity contribution in [3.05, 3.63) is 51.3 Å². The van der Waals surface area contributed by atoms with E-state index in [2.05, 4.69) is 11.0 Å². The molecule has 1 aromatic carbocycles. The second kappa shape index (κ2) is 12.4. The highest BCUT2D eigenvalue weighted by Gasteiger charge is 2.35. The van der Waals surface area contributed by atoms with Crippen molar-refractivity contribution in [1.82, 2.24) is 19.6 Å². The highest BCUT2D eigenvalue weighted by Crippen LogP contribution is 2.29. The van der Waals surface area contributed by atoms with Gasteiger partial charge in [0.05, 0.1) is 42.0 Å². The highest BCUT2D eigenvalue weighted by atomic mass is 35.5. The van der Waals surface area contributed by atoms with Crippen molar-refractivity contribution in [2.75, 3.05) is 13.2 Å². The molecule has 0 spiro atoms. The summed E-state index contributed by atoms with van der Waals surface area (Å²) in [7, 11) is 0. The van der Waals surface area contributed by atoms with Gasteiger partial charge in [-0.25, -0.2) is 9.59 Å². The number of ether oxygens (including phenoxy) is 2. The number of benzene rings is 1. The highest BCUT2D eigenvalue weighted by molar-refractivity contribution is 6.31. The molecule has 2 amide bonds. The second-order valence-electron chi connectivity index (χ2n) is 10.5. The normalized spacial score (nSPS) is 15.3. The van der Waals surface area contributed by atoms with E-state index in [0.717, 1.165) is 0 Å². The number of halogens is 1. The van der Waals surface area contributed by atoms with E-state index in [1.165, 1.54) is 21.7 Å². The van der Waals surface area contributed by atoms with Gasteiger partial charge in [-0.15, -0.1) is 6.42 Å². The first-order valence-electron chi connectivity index (χ1n) is 13.0. The van der Waals surface area contributed by atoms with Gasteiger partial charge in [-0.3, -0.25) is 14.4 Å². The number of rotatable bonds is 7. The van der Waals surface area contributed by atoms with E-state index >= 15 is 0 Å². The number of nitrogens with zero attached hydrogens (tertiary/aromatic N) is 5. The van der Waals surface area contributed by atoms with E-state index in [9.17, 15) is 19.6 Å². The fourth-order valence-electron chi connectivity index (χ4n) is 4.42. The van der Waals surface area contributed by atoms with Crippen LogP contribution in [0.15, 0.2) is 18.2 Å². The number of nitriles is 1. The summed E-state index contributed by atoms with van der Waals surface area (Å²) in [6.07, 6.45) is 5.44. The Morgan fingerprint density at radius 2 is 2.02 bits per heavy atom. The first kappa shape index (κ1) is 30.5. The van der Waals surface area contributed by atoms with Gasteiger partial charge in [0.2, 0.25) is 0 Å². The molecule has 1 aromatic heterocycles. The summed E-state index contributed by atoms with van der Waals surface area (Å²) < 4.78 is 12.4. The van der Waals surface area contributed by atoms with Crippen molar-refractivity contribution >= 4 is 29.6 Å². The van der Waals surface area contributed by atoms with Gasteiger partial charge >= 0.3 is 12.1 Å². The van der Waals surface area contributed by atoms with Crippen LogP contribution < -0.4 is 0 Å². The molecule has 2 heterocycles. The van der Waals surface area contributed by atoms with E-state index in [-0.39, 0.29) is 54.5 Å². The number of esters is 1. The summed E-state index contributed by atoms with van der Waals surface area (Å²) in [5, 5.41) is 14.3. The van der Waals surface area contributed by atoms with Crippen LogP contribution in [-0.4, -0.2) is 68.4 Å². The Morgan fingerprint density at radius 1 is 1.32 bits per heavy atom. The molecule has 1 aliphatic heterocycles. The Morgan fingerprint density at radius 3 is 2.62 bits per heavy atom. The van der Waals surface area contributed by atoms with Crippen LogP contribution >= 0.6 is 11.6 Å². The molecule has 0 radical (unpaired) electrons. The van der Waals surface area contributed by atoms with Crippen LogP contribution in [-0.2, 0) is 29.0 Å². The number of hydrogen-bond donors (Lipinski definition) is 0. The minimum Gasteiger partial charge on any atom is -0.461 e. The lowest BCUT2D eigenvalue weighted by Crippen LogP contribution is -2.43. The number of fused-ring (bicyclic) bond motifs is 1. The largest absolute Gasteiger partial charge is 0.461 e. The van der Waals surface area contributed by atoms with Crippen molar-refractivity contribution in [3.63, 3.8) is 0 Å². The standard InChI is InChI=1S/C29H34ClN5O5/c1-8-18(3)33(28(38)40-29(5,6)7)12-13-35-25(27(37)39-9-2)22-17-34(19(4)14-24(22)32-35)26(36)20-10-11-23(30)21(15-20)16-31/h1,10-11,15,18-19H,9,12-14,17H2,2-7H3/t18?,19-/m1/s1.